The Balaban J connectivity index is 1.52. The second-order valence-corrected chi connectivity index (χ2v) is 5.96. The van der Waals surface area contributed by atoms with Crippen LogP contribution in [0.4, 0.5) is 0 Å². The van der Waals surface area contributed by atoms with E-state index < -0.39 is 0 Å². The van der Waals surface area contributed by atoms with Gasteiger partial charge in [-0.2, -0.15) is 5.10 Å². The molecule has 1 aromatic heterocycles. The number of ether oxygens (including phenoxy) is 1. The number of benzene rings is 1. The molecular formula is C18H25N5O. The number of nitrogens with two attached hydrogens (primary N) is 1. The summed E-state index contributed by atoms with van der Waals surface area (Å²) in [4.78, 5) is 6.58. The molecule has 0 amide bonds. The summed E-state index contributed by atoms with van der Waals surface area (Å²) in [5, 5.41) is 4.60. The molecule has 0 atom stereocenters. The van der Waals surface area contributed by atoms with Crippen LogP contribution in [0, 0.1) is 6.92 Å². The van der Waals surface area contributed by atoms with Gasteiger partial charge in [-0.1, -0.05) is 18.2 Å². The van der Waals surface area contributed by atoms with Crippen LogP contribution in [-0.4, -0.2) is 53.5 Å². The van der Waals surface area contributed by atoms with E-state index in [9.17, 15) is 0 Å². The molecule has 128 valence electrons. The third-order valence-corrected chi connectivity index (χ3v) is 4.23. The van der Waals surface area contributed by atoms with Gasteiger partial charge in [0.2, 0.25) is 0 Å². The van der Waals surface area contributed by atoms with Gasteiger partial charge < -0.3 is 15.4 Å². The van der Waals surface area contributed by atoms with Crippen molar-refractivity contribution in [2.45, 2.75) is 19.8 Å². The quantitative estimate of drug-likeness (QED) is 0.516. The molecule has 0 spiro atoms. The molecule has 2 N–H and O–H groups in total. The highest BCUT2D eigenvalue weighted by Gasteiger charge is 2.12. The Hall–Kier alpha value is -2.34. The first-order valence-corrected chi connectivity index (χ1v) is 8.47. The number of hydrogen-bond donors (Lipinski definition) is 1. The van der Waals surface area contributed by atoms with Gasteiger partial charge in [0.25, 0.3) is 0 Å². The molecular weight excluding hydrogens is 302 g/mol. The number of rotatable bonds is 5. The molecule has 0 unspecified atom stereocenters. The van der Waals surface area contributed by atoms with E-state index in [4.69, 9.17) is 10.5 Å². The lowest BCUT2D eigenvalue weighted by molar-refractivity contribution is 0.0674. The Labute approximate surface area is 142 Å². The third-order valence-electron chi connectivity index (χ3n) is 4.23. The fraction of sp³-hybridized carbons (Fsp3) is 0.444. The van der Waals surface area contributed by atoms with Crippen molar-refractivity contribution >= 4 is 5.96 Å². The van der Waals surface area contributed by atoms with Crippen LogP contribution in [0.1, 0.15) is 17.7 Å². The number of guanidine groups is 1. The highest BCUT2D eigenvalue weighted by molar-refractivity contribution is 5.78. The van der Waals surface area contributed by atoms with Crippen molar-refractivity contribution in [2.75, 3.05) is 32.8 Å². The van der Waals surface area contributed by atoms with Gasteiger partial charge in [-0.15, -0.1) is 0 Å². The maximum Gasteiger partial charge on any atom is 0.191 e. The molecule has 1 fully saturated rings. The zero-order chi connectivity index (χ0) is 16.8. The Morgan fingerprint density at radius 3 is 2.75 bits per heavy atom. The van der Waals surface area contributed by atoms with Gasteiger partial charge in [-0.3, -0.25) is 4.99 Å². The van der Waals surface area contributed by atoms with Crippen LogP contribution >= 0.6 is 0 Å². The molecule has 24 heavy (non-hydrogen) atoms. The van der Waals surface area contributed by atoms with Crippen molar-refractivity contribution in [3.8, 4) is 5.69 Å². The van der Waals surface area contributed by atoms with Gasteiger partial charge in [0.1, 0.15) is 0 Å². The number of aliphatic imine (C=N–C) groups is 1. The zero-order valence-electron chi connectivity index (χ0n) is 14.2. The number of aryl methyl sites for hydroxylation is 2. The Kier molecular flexibility index (Phi) is 5.48. The normalized spacial score (nSPS) is 15.7. The van der Waals surface area contributed by atoms with E-state index in [2.05, 4.69) is 40.2 Å². The van der Waals surface area contributed by atoms with Gasteiger partial charge in [-0.25, -0.2) is 4.68 Å². The molecule has 6 nitrogen and oxygen atoms in total. The minimum absolute atomic E-state index is 0.634. The fourth-order valence-electron chi connectivity index (χ4n) is 2.81. The first-order chi connectivity index (χ1) is 11.7. The first kappa shape index (κ1) is 16.5. The fourth-order valence-corrected chi connectivity index (χ4v) is 2.81. The summed E-state index contributed by atoms with van der Waals surface area (Å²) in [7, 11) is 0. The van der Waals surface area contributed by atoms with Crippen LogP contribution in [-0.2, 0) is 11.2 Å². The highest BCUT2D eigenvalue weighted by Crippen LogP contribution is 2.13. The molecule has 1 saturated heterocycles. The Bertz CT molecular complexity index is 674. The topological polar surface area (TPSA) is 68.7 Å². The van der Waals surface area contributed by atoms with Crippen molar-refractivity contribution in [3.63, 3.8) is 0 Å². The van der Waals surface area contributed by atoms with Crippen LogP contribution in [0.25, 0.3) is 5.69 Å². The molecule has 0 saturated carbocycles. The molecule has 3 rings (SSSR count). The Morgan fingerprint density at radius 2 is 2.00 bits per heavy atom. The zero-order valence-corrected chi connectivity index (χ0v) is 14.2. The summed E-state index contributed by atoms with van der Waals surface area (Å²) in [6.07, 6.45) is 4.03. The summed E-state index contributed by atoms with van der Waals surface area (Å²) < 4.78 is 7.26. The van der Waals surface area contributed by atoms with Gasteiger partial charge in [-0.05, 0) is 37.5 Å². The van der Waals surface area contributed by atoms with Crippen LogP contribution in [0.15, 0.2) is 41.5 Å². The van der Waals surface area contributed by atoms with E-state index in [0.717, 1.165) is 57.1 Å². The van der Waals surface area contributed by atoms with E-state index in [0.29, 0.717) is 5.96 Å². The predicted octanol–water partition coefficient (Wildman–Crippen LogP) is 1.76. The molecule has 0 radical (unpaired) electrons. The van der Waals surface area contributed by atoms with Gasteiger partial charge in [0.05, 0.1) is 24.6 Å². The molecule has 1 aliphatic heterocycles. The number of nitrogens with zero attached hydrogens (tertiary/aromatic N) is 4. The van der Waals surface area contributed by atoms with E-state index in [1.54, 1.807) is 0 Å². The monoisotopic (exact) mass is 327 g/mol. The number of hydrogen-bond acceptors (Lipinski definition) is 3. The summed E-state index contributed by atoms with van der Waals surface area (Å²) in [6.45, 7) is 5.91. The number of para-hydroxylation sites is 1. The van der Waals surface area contributed by atoms with Crippen LogP contribution in [0.3, 0.4) is 0 Å². The second-order valence-electron chi connectivity index (χ2n) is 5.96. The lowest BCUT2D eigenvalue weighted by Crippen LogP contribution is -2.44. The first-order valence-electron chi connectivity index (χ1n) is 8.47. The minimum Gasteiger partial charge on any atom is -0.378 e. The molecule has 2 aromatic rings. The highest BCUT2D eigenvalue weighted by atomic mass is 16.5. The van der Waals surface area contributed by atoms with Crippen LogP contribution in [0.2, 0.25) is 0 Å². The molecule has 2 heterocycles. The minimum atomic E-state index is 0.634. The summed E-state index contributed by atoms with van der Waals surface area (Å²) >= 11 is 0. The van der Waals surface area contributed by atoms with Gasteiger partial charge in [0, 0.05) is 25.8 Å². The SMILES string of the molecule is Cc1nn(-c2ccccc2)cc1CCCN=C(N)N1CCOCC1. The molecule has 0 bridgehead atoms. The number of morpholine rings is 1. The van der Waals surface area contributed by atoms with Crippen molar-refractivity contribution in [2.24, 2.45) is 10.7 Å². The van der Waals surface area contributed by atoms with Crippen molar-refractivity contribution in [1.29, 1.82) is 0 Å². The lowest BCUT2D eigenvalue weighted by Gasteiger charge is -2.27. The van der Waals surface area contributed by atoms with E-state index >= 15 is 0 Å². The van der Waals surface area contributed by atoms with Gasteiger partial charge >= 0.3 is 0 Å². The van der Waals surface area contributed by atoms with Crippen molar-refractivity contribution in [1.82, 2.24) is 14.7 Å². The third kappa shape index (κ3) is 4.14. The molecule has 1 aliphatic rings. The standard InChI is InChI=1S/C18H25N5O/c1-15-16(14-23(21-15)17-7-3-2-4-8-17)6-5-9-20-18(19)22-10-12-24-13-11-22/h2-4,7-8,14H,5-6,9-13H2,1H3,(H2,19,20). The Morgan fingerprint density at radius 1 is 1.25 bits per heavy atom. The average molecular weight is 327 g/mol. The predicted molar refractivity (Wildman–Crippen MR) is 95.5 cm³/mol. The second kappa shape index (κ2) is 7.97. The molecule has 0 aliphatic carbocycles. The van der Waals surface area contributed by atoms with E-state index in [-0.39, 0.29) is 0 Å². The maximum atomic E-state index is 6.04. The lowest BCUT2D eigenvalue weighted by atomic mass is 10.1. The molecule has 1 aromatic carbocycles. The number of aromatic nitrogens is 2. The summed E-state index contributed by atoms with van der Waals surface area (Å²) in [5.41, 5.74) is 9.46. The van der Waals surface area contributed by atoms with Crippen molar-refractivity contribution in [3.05, 3.63) is 47.8 Å². The van der Waals surface area contributed by atoms with Crippen LogP contribution in [0.5, 0.6) is 0 Å². The van der Waals surface area contributed by atoms with Crippen LogP contribution < -0.4 is 5.73 Å². The average Bonchev–Trinajstić information content (AvgIpc) is 3.01. The maximum absolute atomic E-state index is 6.04. The van der Waals surface area contributed by atoms with E-state index in [1.165, 1.54) is 5.56 Å². The summed E-state index contributed by atoms with van der Waals surface area (Å²) in [6, 6.07) is 10.2. The van der Waals surface area contributed by atoms with Crippen molar-refractivity contribution < 1.29 is 4.74 Å². The molecule has 6 heteroatoms. The van der Waals surface area contributed by atoms with E-state index in [1.807, 2.05) is 22.9 Å². The smallest absolute Gasteiger partial charge is 0.191 e. The largest absolute Gasteiger partial charge is 0.378 e. The van der Waals surface area contributed by atoms with Gasteiger partial charge in [0.15, 0.2) is 5.96 Å². The summed E-state index contributed by atoms with van der Waals surface area (Å²) in [5.74, 6) is 0.634.